The monoisotopic (exact) mass is 483 g/mol. The van der Waals surface area contributed by atoms with Crippen molar-refractivity contribution in [2.75, 3.05) is 5.32 Å². The highest BCUT2D eigenvalue weighted by atomic mass is 79.9. The van der Waals surface area contributed by atoms with Crippen molar-refractivity contribution in [1.82, 2.24) is 10.6 Å². The first-order chi connectivity index (χ1) is 13.8. The van der Waals surface area contributed by atoms with Crippen LogP contribution in [-0.2, 0) is 9.59 Å². The maximum atomic E-state index is 13.1. The third-order valence-electron chi connectivity index (χ3n) is 5.04. The van der Waals surface area contributed by atoms with Crippen molar-refractivity contribution in [1.29, 1.82) is 0 Å². The molecule has 0 spiro atoms. The molecule has 3 amide bonds. The van der Waals surface area contributed by atoms with E-state index >= 15 is 0 Å². The summed E-state index contributed by atoms with van der Waals surface area (Å²) in [6, 6.07) is 5.67. The molecule has 4 N–H and O–H groups in total. The molecule has 2 atom stereocenters. The number of hydrogen-bond donors (Lipinski definition) is 4. The van der Waals surface area contributed by atoms with Crippen LogP contribution in [0.1, 0.15) is 60.8 Å². The van der Waals surface area contributed by atoms with E-state index in [1.165, 1.54) is 0 Å². The largest absolute Gasteiger partial charge is 0.479 e. The molecule has 0 fully saturated rings. The van der Waals surface area contributed by atoms with Gasteiger partial charge in [-0.05, 0) is 48.4 Å². The lowest BCUT2D eigenvalue weighted by Crippen LogP contribution is -2.65. The van der Waals surface area contributed by atoms with E-state index in [9.17, 15) is 19.5 Å². The van der Waals surface area contributed by atoms with Crippen LogP contribution in [0.3, 0.4) is 0 Å². The third kappa shape index (κ3) is 7.00. The molecule has 0 bridgehead atoms. The highest BCUT2D eigenvalue weighted by Crippen LogP contribution is 2.35. The van der Waals surface area contributed by atoms with Gasteiger partial charge in [-0.25, -0.2) is 9.59 Å². The Morgan fingerprint density at radius 1 is 1.10 bits per heavy atom. The first kappa shape index (κ1) is 25.9. The summed E-state index contributed by atoms with van der Waals surface area (Å²) in [5.74, 6) is -1.46. The van der Waals surface area contributed by atoms with E-state index in [1.807, 2.05) is 20.8 Å². The van der Waals surface area contributed by atoms with Gasteiger partial charge in [0.15, 0.2) is 0 Å². The number of rotatable bonds is 9. The van der Waals surface area contributed by atoms with Crippen LogP contribution in [0.4, 0.5) is 10.5 Å². The van der Waals surface area contributed by atoms with Crippen molar-refractivity contribution in [3.8, 4) is 0 Å². The van der Waals surface area contributed by atoms with Gasteiger partial charge in [0, 0.05) is 10.2 Å². The summed E-state index contributed by atoms with van der Waals surface area (Å²) in [6.45, 7) is 11.1. The number of nitrogens with one attached hydrogen (secondary N) is 3. The Kier molecular flexibility index (Phi) is 9.34. The lowest BCUT2D eigenvalue weighted by molar-refractivity contribution is -0.154. The standard InChI is InChI=1S/C22H34BrN3O4/c1-7-12-22(19(28)29,21(4,5)6)26-18(27)17(13-14(2)3)25-20(30)24-16-10-8-15(23)9-11-16/h8-11,14,17H,7,12-13H2,1-6H3,(H,26,27)(H,28,29)(H2,24,25,30)/t17-,22-/m0/s1. The van der Waals surface area contributed by atoms with Crippen molar-refractivity contribution < 1.29 is 19.5 Å². The first-order valence-corrected chi connectivity index (χ1v) is 11.0. The molecule has 1 aromatic carbocycles. The fraction of sp³-hybridized carbons (Fsp3) is 0.591. The maximum Gasteiger partial charge on any atom is 0.329 e. The van der Waals surface area contributed by atoms with Gasteiger partial charge in [0.25, 0.3) is 0 Å². The third-order valence-corrected chi connectivity index (χ3v) is 5.57. The molecular weight excluding hydrogens is 450 g/mol. The number of halogens is 1. The molecule has 0 unspecified atom stereocenters. The topological polar surface area (TPSA) is 108 Å². The number of carbonyl (C=O) groups excluding carboxylic acids is 2. The summed E-state index contributed by atoms with van der Waals surface area (Å²) in [5, 5.41) is 18.2. The molecule has 30 heavy (non-hydrogen) atoms. The first-order valence-electron chi connectivity index (χ1n) is 10.2. The highest BCUT2D eigenvalue weighted by Gasteiger charge is 2.50. The summed E-state index contributed by atoms with van der Waals surface area (Å²) in [4.78, 5) is 37.8. The Hall–Kier alpha value is -2.09. The minimum absolute atomic E-state index is 0.119. The Labute approximate surface area is 187 Å². The molecule has 0 aliphatic carbocycles. The molecule has 0 saturated heterocycles. The normalized spacial score (nSPS) is 14.5. The minimum Gasteiger partial charge on any atom is -0.479 e. The Morgan fingerprint density at radius 3 is 2.10 bits per heavy atom. The number of carboxylic acid groups (broad SMARTS) is 1. The number of hydrogen-bond acceptors (Lipinski definition) is 3. The lowest BCUT2D eigenvalue weighted by Gasteiger charge is -2.42. The Balaban J connectivity index is 3.05. The average Bonchev–Trinajstić information content (AvgIpc) is 2.61. The lowest BCUT2D eigenvalue weighted by atomic mass is 9.70. The molecule has 0 saturated carbocycles. The van der Waals surface area contributed by atoms with Gasteiger partial charge in [-0.2, -0.15) is 0 Å². The van der Waals surface area contributed by atoms with Crippen molar-refractivity contribution in [3.05, 3.63) is 28.7 Å². The predicted molar refractivity (Wildman–Crippen MR) is 122 cm³/mol. The number of aliphatic carboxylic acids is 1. The van der Waals surface area contributed by atoms with Gasteiger partial charge in [-0.1, -0.05) is 63.9 Å². The summed E-state index contributed by atoms with van der Waals surface area (Å²) >= 11 is 3.34. The summed E-state index contributed by atoms with van der Waals surface area (Å²) in [7, 11) is 0. The van der Waals surface area contributed by atoms with Gasteiger partial charge in [0.2, 0.25) is 5.91 Å². The quantitative estimate of drug-likeness (QED) is 0.405. The van der Waals surface area contributed by atoms with E-state index in [2.05, 4.69) is 31.9 Å². The SMILES string of the molecule is CCC[C@](NC(=O)[C@H](CC(C)C)NC(=O)Nc1ccc(Br)cc1)(C(=O)O)C(C)(C)C. The molecule has 1 rings (SSSR count). The molecular formula is C22H34BrN3O4. The fourth-order valence-corrected chi connectivity index (χ4v) is 3.60. The number of benzene rings is 1. The zero-order chi connectivity index (χ0) is 23.1. The minimum atomic E-state index is -1.43. The molecule has 168 valence electrons. The maximum absolute atomic E-state index is 13.1. The Morgan fingerprint density at radius 2 is 1.67 bits per heavy atom. The van der Waals surface area contributed by atoms with Gasteiger partial charge in [0.05, 0.1) is 0 Å². The second-order valence-electron chi connectivity index (χ2n) is 8.99. The number of anilines is 1. The average molecular weight is 484 g/mol. The molecule has 0 radical (unpaired) electrons. The van der Waals surface area contributed by atoms with Crippen molar-refractivity contribution in [2.24, 2.45) is 11.3 Å². The van der Waals surface area contributed by atoms with Gasteiger partial charge in [0.1, 0.15) is 11.6 Å². The summed E-state index contributed by atoms with van der Waals surface area (Å²) in [6.07, 6.45) is 1.26. The van der Waals surface area contributed by atoms with E-state index in [0.717, 1.165) is 4.47 Å². The van der Waals surface area contributed by atoms with Crippen molar-refractivity contribution in [2.45, 2.75) is 72.4 Å². The second-order valence-corrected chi connectivity index (χ2v) is 9.90. The van der Waals surface area contributed by atoms with E-state index in [-0.39, 0.29) is 12.3 Å². The molecule has 1 aromatic rings. The van der Waals surface area contributed by atoms with Crippen LogP contribution in [0.25, 0.3) is 0 Å². The van der Waals surface area contributed by atoms with E-state index < -0.39 is 34.9 Å². The smallest absolute Gasteiger partial charge is 0.329 e. The molecule has 0 aliphatic heterocycles. The molecule has 0 heterocycles. The van der Waals surface area contributed by atoms with Crippen LogP contribution >= 0.6 is 15.9 Å². The van der Waals surface area contributed by atoms with Crippen LogP contribution < -0.4 is 16.0 Å². The summed E-state index contributed by atoms with van der Waals surface area (Å²) in [5.41, 5.74) is -1.57. The van der Waals surface area contributed by atoms with Crippen molar-refractivity contribution in [3.63, 3.8) is 0 Å². The Bertz CT molecular complexity index is 744. The summed E-state index contributed by atoms with van der Waals surface area (Å²) < 4.78 is 0.883. The van der Waals surface area contributed by atoms with Gasteiger partial charge < -0.3 is 21.1 Å². The van der Waals surface area contributed by atoms with Crippen LogP contribution in [0.2, 0.25) is 0 Å². The zero-order valence-electron chi connectivity index (χ0n) is 18.6. The second kappa shape index (κ2) is 10.8. The van der Waals surface area contributed by atoms with E-state index in [0.29, 0.717) is 18.5 Å². The molecule has 7 nitrogen and oxygen atoms in total. The van der Waals surface area contributed by atoms with E-state index in [1.54, 1.807) is 45.0 Å². The van der Waals surface area contributed by atoms with Gasteiger partial charge in [-0.3, -0.25) is 4.79 Å². The van der Waals surface area contributed by atoms with Crippen molar-refractivity contribution >= 4 is 39.5 Å². The van der Waals surface area contributed by atoms with Gasteiger partial charge >= 0.3 is 12.0 Å². The highest BCUT2D eigenvalue weighted by molar-refractivity contribution is 9.10. The van der Waals surface area contributed by atoms with Crippen LogP contribution in [0, 0.1) is 11.3 Å². The molecule has 0 aromatic heterocycles. The number of carbonyl (C=O) groups is 3. The van der Waals surface area contributed by atoms with Crippen LogP contribution in [0.5, 0.6) is 0 Å². The zero-order valence-corrected chi connectivity index (χ0v) is 20.2. The molecule has 0 aliphatic rings. The fourth-order valence-electron chi connectivity index (χ4n) is 3.34. The predicted octanol–water partition coefficient (Wildman–Crippen LogP) is 4.77. The van der Waals surface area contributed by atoms with Gasteiger partial charge in [-0.15, -0.1) is 0 Å². The number of amides is 3. The van der Waals surface area contributed by atoms with E-state index in [4.69, 9.17) is 0 Å². The molecule has 8 heteroatoms. The number of carboxylic acids is 1. The number of urea groups is 1. The van der Waals surface area contributed by atoms with Crippen LogP contribution in [-0.4, -0.2) is 34.6 Å². The van der Waals surface area contributed by atoms with Crippen LogP contribution in [0.15, 0.2) is 28.7 Å².